The number of carbonyl (C=O) groups excluding carboxylic acids is 2. The van der Waals surface area contributed by atoms with Crippen molar-refractivity contribution in [2.45, 2.75) is 231 Å². The Kier molecular flexibility index (Phi) is 48.6. The molecule has 13 N–H and O–H groups in total. The average Bonchev–Trinajstić information content (AvgIpc) is 3.25. The molecule has 13 nitrogen and oxygen atoms in total. The maximum absolute atomic E-state index is 12.3. The molecule has 0 aromatic rings. The molecular weight excluding hydrogens is 773 g/mol. The maximum Gasteiger partial charge on any atom is 0.251 e. The minimum absolute atomic E-state index is 0. The molecule has 0 aliphatic carbocycles. The van der Waals surface area contributed by atoms with E-state index in [1.165, 1.54) is 128 Å². The van der Waals surface area contributed by atoms with E-state index in [0.717, 1.165) is 110 Å². The maximum atomic E-state index is 12.3. The Labute approximate surface area is 374 Å². The minimum Gasteiger partial charge on any atom is -0.394 e. The van der Waals surface area contributed by atoms with Gasteiger partial charge in [0.25, 0.3) is 5.91 Å². The van der Waals surface area contributed by atoms with E-state index in [1.54, 1.807) is 0 Å². The number of nitrogens with two attached hydrogens (primary N) is 2. The van der Waals surface area contributed by atoms with Crippen LogP contribution in [0.4, 0.5) is 0 Å². The van der Waals surface area contributed by atoms with E-state index >= 15 is 0 Å². The van der Waals surface area contributed by atoms with Crippen molar-refractivity contribution >= 4 is 11.8 Å². The van der Waals surface area contributed by atoms with Crippen molar-refractivity contribution in [3.05, 3.63) is 0 Å². The quantitative estimate of drug-likeness (QED) is 0.0313. The number of rotatable bonds is 48. The summed E-state index contributed by atoms with van der Waals surface area (Å²) in [7, 11) is 0. The molecule has 0 saturated carbocycles. The van der Waals surface area contributed by atoms with E-state index in [9.17, 15) is 30.0 Å². The van der Waals surface area contributed by atoms with Crippen LogP contribution in [-0.2, 0) is 9.59 Å². The first-order valence-electron chi connectivity index (χ1n) is 25.0. The van der Waals surface area contributed by atoms with Gasteiger partial charge in [0.2, 0.25) is 5.91 Å². The number of amides is 2. The van der Waals surface area contributed by atoms with Crippen LogP contribution in [0.1, 0.15) is 206 Å². The molecule has 0 fully saturated rings. The number of carbonyl (C=O) groups is 2. The second-order valence-corrected chi connectivity index (χ2v) is 17.5. The lowest BCUT2D eigenvalue weighted by atomic mass is 10.00. The zero-order valence-electron chi connectivity index (χ0n) is 38.4. The van der Waals surface area contributed by atoms with Gasteiger partial charge in [0.1, 0.15) is 18.3 Å². The highest BCUT2D eigenvalue weighted by atomic mass is 16.4. The molecule has 0 aromatic heterocycles. The number of nitrogens with one attached hydrogen (secondary N) is 4. The molecule has 0 unspecified atom stereocenters. The molecule has 0 aromatic carbocycles. The predicted octanol–water partition coefficient (Wildman–Crippen LogP) is 6.10. The van der Waals surface area contributed by atoms with E-state index in [4.69, 9.17) is 16.6 Å². The summed E-state index contributed by atoms with van der Waals surface area (Å²) in [5, 5.41) is 60.3. The molecule has 0 saturated heterocycles. The van der Waals surface area contributed by atoms with Gasteiger partial charge in [0.15, 0.2) is 6.10 Å². The molecule has 0 heterocycles. The summed E-state index contributed by atoms with van der Waals surface area (Å²) < 4.78 is 0. The van der Waals surface area contributed by atoms with E-state index in [-0.39, 0.29) is 13.3 Å². The van der Waals surface area contributed by atoms with E-state index in [2.05, 4.69) is 21.3 Å². The fourth-order valence-corrected chi connectivity index (χ4v) is 7.67. The Morgan fingerprint density at radius 3 is 1.21 bits per heavy atom. The molecular formula is C48H102N6O7. The number of aliphatic hydroxyl groups is 5. The molecule has 61 heavy (non-hydrogen) atoms. The van der Waals surface area contributed by atoms with Crippen molar-refractivity contribution in [3.63, 3.8) is 0 Å². The third kappa shape index (κ3) is 41.1. The van der Waals surface area contributed by atoms with Crippen LogP contribution >= 0.6 is 0 Å². The molecule has 0 aliphatic heterocycles. The molecule has 4 atom stereocenters. The van der Waals surface area contributed by atoms with Crippen LogP contribution in [0.3, 0.4) is 0 Å². The van der Waals surface area contributed by atoms with Crippen LogP contribution < -0.4 is 32.7 Å². The first-order valence-corrected chi connectivity index (χ1v) is 25.0. The van der Waals surface area contributed by atoms with E-state index in [0.29, 0.717) is 18.9 Å². The van der Waals surface area contributed by atoms with Crippen molar-refractivity contribution in [3.8, 4) is 0 Å². The number of hydrogen-bond donors (Lipinski definition) is 11. The van der Waals surface area contributed by atoms with Gasteiger partial charge in [0.05, 0.1) is 6.61 Å². The van der Waals surface area contributed by atoms with Gasteiger partial charge in [-0.1, -0.05) is 149 Å². The summed E-state index contributed by atoms with van der Waals surface area (Å²) >= 11 is 0. The van der Waals surface area contributed by atoms with Gasteiger partial charge < -0.3 is 58.3 Å². The molecule has 0 rings (SSSR count). The van der Waals surface area contributed by atoms with Crippen molar-refractivity contribution in [1.29, 1.82) is 0 Å². The summed E-state index contributed by atoms with van der Waals surface area (Å²) in [5.74, 6) is 0.0809. The van der Waals surface area contributed by atoms with Gasteiger partial charge in [-0.15, -0.1) is 0 Å². The average molecular weight is 875 g/mol. The van der Waals surface area contributed by atoms with Crippen LogP contribution in [0.2, 0.25) is 0 Å². The highest BCUT2D eigenvalue weighted by Crippen LogP contribution is 2.16. The lowest BCUT2D eigenvalue weighted by molar-refractivity contribution is -0.148. The molecule has 0 radical (unpaired) electrons. The third-order valence-electron chi connectivity index (χ3n) is 11.7. The van der Waals surface area contributed by atoms with Crippen molar-refractivity contribution in [1.82, 2.24) is 21.3 Å². The minimum atomic E-state index is -1.87. The molecule has 0 spiro atoms. The lowest BCUT2D eigenvalue weighted by Crippen LogP contribution is -2.51. The van der Waals surface area contributed by atoms with Crippen molar-refractivity contribution < 1.29 is 35.1 Å². The summed E-state index contributed by atoms with van der Waals surface area (Å²) in [6, 6.07) is 0. The third-order valence-corrected chi connectivity index (χ3v) is 11.7. The Morgan fingerprint density at radius 1 is 0.443 bits per heavy atom. The molecule has 0 aliphatic rings. The SMILES string of the molecule is C.NCCCCNCC(CCCCCCNC(=O)CCCCCCCCCCCCCCCCCCCCCCCNC(=O)[C@H](O)[C@@H](O)[C@H](O)[C@H](O)CO)CNCCCCN. The second-order valence-electron chi connectivity index (χ2n) is 17.5. The number of hydrogen-bond acceptors (Lipinski definition) is 11. The highest BCUT2D eigenvalue weighted by Gasteiger charge is 2.33. The van der Waals surface area contributed by atoms with Crippen LogP contribution in [0.15, 0.2) is 0 Å². The van der Waals surface area contributed by atoms with Crippen molar-refractivity contribution in [2.75, 3.05) is 59.0 Å². The molecule has 2 amide bonds. The normalized spacial score (nSPS) is 13.5. The summed E-state index contributed by atoms with van der Waals surface area (Å²) in [4.78, 5) is 24.2. The van der Waals surface area contributed by atoms with Gasteiger partial charge in [-0.25, -0.2) is 0 Å². The standard InChI is InChI=1S/C47H98N6O7.CH4/c48-32-24-28-34-50-38-41(39-51-35-29-25-33-49)30-22-19-21-26-36-52-43(56)31-23-18-16-14-12-10-8-6-4-2-1-3-5-7-9-11-13-15-17-20-27-37-53-47(60)46(59)45(58)44(57)42(55)40-54;/h41-42,44-46,50-51,54-55,57-59H,1-40,48-49H2,(H,52,56)(H,53,60);1H4/t42-,44-,45+,46-;/m1./s1. The van der Waals surface area contributed by atoms with Crippen LogP contribution in [0.25, 0.3) is 0 Å². The summed E-state index contributed by atoms with van der Waals surface area (Å²) in [6.07, 6.45) is 29.9. The fourth-order valence-electron chi connectivity index (χ4n) is 7.67. The second kappa shape index (κ2) is 48.0. The van der Waals surface area contributed by atoms with Gasteiger partial charge in [-0.05, 0) is 96.6 Å². The van der Waals surface area contributed by atoms with E-state index < -0.39 is 36.9 Å². The monoisotopic (exact) mass is 875 g/mol. The van der Waals surface area contributed by atoms with Gasteiger partial charge in [-0.3, -0.25) is 9.59 Å². The molecule has 13 heteroatoms. The zero-order chi connectivity index (χ0) is 44.2. The summed E-state index contributed by atoms with van der Waals surface area (Å²) in [6.45, 7) is 6.19. The molecule has 366 valence electrons. The van der Waals surface area contributed by atoms with Crippen LogP contribution in [-0.4, -0.2) is 121 Å². The summed E-state index contributed by atoms with van der Waals surface area (Å²) in [5.41, 5.74) is 11.2. The first kappa shape index (κ1) is 61.7. The lowest BCUT2D eigenvalue weighted by Gasteiger charge is -2.24. The van der Waals surface area contributed by atoms with Crippen molar-refractivity contribution in [2.24, 2.45) is 17.4 Å². The van der Waals surface area contributed by atoms with Gasteiger partial charge in [-0.2, -0.15) is 0 Å². The van der Waals surface area contributed by atoms with Crippen LogP contribution in [0, 0.1) is 5.92 Å². The highest BCUT2D eigenvalue weighted by molar-refractivity contribution is 5.81. The topological polar surface area (TPSA) is 235 Å². The first-order chi connectivity index (χ1) is 29.3. The largest absolute Gasteiger partial charge is 0.394 e. The van der Waals surface area contributed by atoms with Gasteiger partial charge >= 0.3 is 0 Å². The number of unbranched alkanes of at least 4 members (excludes halogenated alkanes) is 25. The number of aliphatic hydroxyl groups excluding tert-OH is 5. The van der Waals surface area contributed by atoms with Crippen LogP contribution in [0.5, 0.6) is 0 Å². The Hall–Kier alpha value is -1.42. The van der Waals surface area contributed by atoms with Gasteiger partial charge in [0, 0.05) is 19.5 Å². The predicted molar refractivity (Wildman–Crippen MR) is 254 cm³/mol. The Bertz CT molecular complexity index is 910. The zero-order valence-corrected chi connectivity index (χ0v) is 38.4. The Morgan fingerprint density at radius 2 is 0.803 bits per heavy atom. The smallest absolute Gasteiger partial charge is 0.251 e. The fraction of sp³-hybridized carbons (Fsp3) is 0.958. The van der Waals surface area contributed by atoms with E-state index in [1.807, 2.05) is 0 Å². The molecule has 0 bridgehead atoms. The Balaban J connectivity index is 0.